The Morgan fingerprint density at radius 3 is 2.43 bits per heavy atom. The summed E-state index contributed by atoms with van der Waals surface area (Å²) in [6.45, 7) is 1.65. The molecule has 1 nitrogen and oxygen atoms in total. The van der Waals surface area contributed by atoms with Gasteiger partial charge in [0.15, 0.2) is 0 Å². The zero-order valence-electron chi connectivity index (χ0n) is 12.2. The van der Waals surface area contributed by atoms with Crippen LogP contribution in [-0.4, -0.2) is 17.1 Å². The van der Waals surface area contributed by atoms with Crippen LogP contribution in [0, 0.1) is 18.2 Å². The monoisotopic (exact) mass is 298 g/mol. The molecule has 2 unspecified atom stereocenters. The SMILES string of the molecule is Cc1cc(C2CC(F)(F)C(O)C3(CCCC3)C2)ccc1F. The van der Waals surface area contributed by atoms with E-state index in [9.17, 15) is 18.3 Å². The summed E-state index contributed by atoms with van der Waals surface area (Å²) in [6.07, 6.45) is 1.84. The van der Waals surface area contributed by atoms with Gasteiger partial charge in [-0.05, 0) is 49.3 Å². The smallest absolute Gasteiger partial charge is 0.274 e. The standard InChI is InChI=1S/C17H21F3O/c1-11-8-12(4-5-14(11)18)13-9-16(6-2-3-7-16)15(21)17(19,20)10-13/h4-5,8,13,15,21H,2-3,6-7,9-10H2,1H3. The Balaban J connectivity index is 1.94. The maximum absolute atomic E-state index is 14.3. The van der Waals surface area contributed by atoms with Gasteiger partial charge in [-0.1, -0.05) is 25.0 Å². The van der Waals surface area contributed by atoms with Crippen LogP contribution in [0.5, 0.6) is 0 Å². The van der Waals surface area contributed by atoms with Crippen LogP contribution in [0.25, 0.3) is 0 Å². The van der Waals surface area contributed by atoms with E-state index in [0.29, 0.717) is 24.8 Å². The van der Waals surface area contributed by atoms with Gasteiger partial charge >= 0.3 is 0 Å². The van der Waals surface area contributed by atoms with Crippen LogP contribution < -0.4 is 0 Å². The molecule has 1 spiro atoms. The number of rotatable bonds is 1. The van der Waals surface area contributed by atoms with Crippen molar-refractivity contribution < 1.29 is 18.3 Å². The van der Waals surface area contributed by atoms with Crippen molar-refractivity contribution in [3.8, 4) is 0 Å². The fourth-order valence-corrected chi connectivity index (χ4v) is 4.28. The predicted molar refractivity (Wildman–Crippen MR) is 75.0 cm³/mol. The summed E-state index contributed by atoms with van der Waals surface area (Å²) < 4.78 is 42.0. The first kappa shape index (κ1) is 14.9. The van der Waals surface area contributed by atoms with E-state index in [1.54, 1.807) is 19.1 Å². The molecule has 4 heteroatoms. The molecular weight excluding hydrogens is 277 g/mol. The lowest BCUT2D eigenvalue weighted by Crippen LogP contribution is -2.51. The highest BCUT2D eigenvalue weighted by molar-refractivity contribution is 5.28. The Morgan fingerprint density at radius 1 is 1.14 bits per heavy atom. The number of aliphatic hydroxyl groups excluding tert-OH is 1. The fourth-order valence-electron chi connectivity index (χ4n) is 4.28. The molecule has 0 amide bonds. The topological polar surface area (TPSA) is 20.2 Å². The lowest BCUT2D eigenvalue weighted by Gasteiger charge is -2.46. The second-order valence-corrected chi connectivity index (χ2v) is 6.85. The van der Waals surface area contributed by atoms with Crippen molar-refractivity contribution >= 4 is 0 Å². The largest absolute Gasteiger partial charge is 0.386 e. The number of alkyl halides is 2. The summed E-state index contributed by atoms with van der Waals surface area (Å²) in [5.74, 6) is -3.67. The maximum Gasteiger partial charge on any atom is 0.274 e. The molecule has 2 aliphatic carbocycles. The molecule has 116 valence electrons. The number of aryl methyl sites for hydroxylation is 1. The third kappa shape index (κ3) is 2.48. The van der Waals surface area contributed by atoms with Crippen molar-refractivity contribution in [1.82, 2.24) is 0 Å². The van der Waals surface area contributed by atoms with Crippen LogP contribution in [-0.2, 0) is 0 Å². The molecule has 0 saturated heterocycles. The van der Waals surface area contributed by atoms with E-state index in [0.717, 1.165) is 18.4 Å². The summed E-state index contributed by atoms with van der Waals surface area (Å²) in [7, 11) is 0. The van der Waals surface area contributed by atoms with Crippen LogP contribution in [0.1, 0.15) is 55.6 Å². The zero-order chi connectivity index (χ0) is 15.3. The van der Waals surface area contributed by atoms with Gasteiger partial charge in [0, 0.05) is 11.8 Å². The summed E-state index contributed by atoms with van der Waals surface area (Å²) in [6, 6.07) is 4.65. The summed E-state index contributed by atoms with van der Waals surface area (Å²) in [5, 5.41) is 10.1. The average Bonchev–Trinajstić information content (AvgIpc) is 2.88. The molecule has 0 heterocycles. The van der Waals surface area contributed by atoms with Gasteiger partial charge in [0.1, 0.15) is 11.9 Å². The molecule has 2 atom stereocenters. The molecular formula is C17H21F3O. The molecule has 3 rings (SSSR count). The lowest BCUT2D eigenvalue weighted by molar-refractivity contribution is -0.192. The minimum absolute atomic E-state index is 0.305. The molecule has 0 radical (unpaired) electrons. The van der Waals surface area contributed by atoms with Gasteiger partial charge in [0.2, 0.25) is 0 Å². The van der Waals surface area contributed by atoms with Crippen LogP contribution in [0.4, 0.5) is 13.2 Å². The van der Waals surface area contributed by atoms with Crippen molar-refractivity contribution in [1.29, 1.82) is 0 Å². The highest BCUT2D eigenvalue weighted by Crippen LogP contribution is 2.57. The second-order valence-electron chi connectivity index (χ2n) is 6.85. The predicted octanol–water partition coefficient (Wildman–Crippen LogP) is 4.57. The van der Waals surface area contributed by atoms with Gasteiger partial charge in [0.05, 0.1) is 0 Å². The van der Waals surface area contributed by atoms with Gasteiger partial charge < -0.3 is 5.11 Å². The van der Waals surface area contributed by atoms with E-state index in [4.69, 9.17) is 0 Å². The average molecular weight is 298 g/mol. The highest BCUT2D eigenvalue weighted by atomic mass is 19.3. The minimum atomic E-state index is -3.06. The van der Waals surface area contributed by atoms with Crippen molar-refractivity contribution in [2.24, 2.45) is 5.41 Å². The first-order valence-electron chi connectivity index (χ1n) is 7.66. The molecule has 0 aromatic heterocycles. The molecule has 2 fully saturated rings. The van der Waals surface area contributed by atoms with Gasteiger partial charge in [-0.25, -0.2) is 13.2 Å². The highest BCUT2D eigenvalue weighted by Gasteiger charge is 2.58. The number of benzene rings is 1. The molecule has 1 N–H and O–H groups in total. The summed E-state index contributed by atoms with van der Waals surface area (Å²) in [5.41, 5.74) is 0.600. The van der Waals surface area contributed by atoms with Crippen molar-refractivity contribution in [3.05, 3.63) is 35.1 Å². The van der Waals surface area contributed by atoms with E-state index >= 15 is 0 Å². The number of hydrogen-bond donors (Lipinski definition) is 1. The Labute approximate surface area is 123 Å². The Kier molecular flexibility index (Phi) is 3.55. The van der Waals surface area contributed by atoms with Gasteiger partial charge in [-0.2, -0.15) is 0 Å². The Morgan fingerprint density at radius 2 is 1.81 bits per heavy atom. The first-order valence-corrected chi connectivity index (χ1v) is 7.66. The lowest BCUT2D eigenvalue weighted by atomic mass is 9.63. The molecule has 21 heavy (non-hydrogen) atoms. The quantitative estimate of drug-likeness (QED) is 0.805. The molecule has 0 bridgehead atoms. The maximum atomic E-state index is 14.3. The second kappa shape index (κ2) is 5.01. The molecule has 1 aromatic carbocycles. The van der Waals surface area contributed by atoms with Crippen LogP contribution in [0.2, 0.25) is 0 Å². The van der Waals surface area contributed by atoms with Gasteiger partial charge in [-0.15, -0.1) is 0 Å². The van der Waals surface area contributed by atoms with Gasteiger partial charge in [0.25, 0.3) is 5.92 Å². The summed E-state index contributed by atoms with van der Waals surface area (Å²) >= 11 is 0. The van der Waals surface area contributed by atoms with E-state index in [1.807, 2.05) is 0 Å². The van der Waals surface area contributed by atoms with E-state index in [1.165, 1.54) is 6.07 Å². The third-order valence-corrected chi connectivity index (χ3v) is 5.40. The van der Waals surface area contributed by atoms with Crippen LogP contribution in [0.3, 0.4) is 0 Å². The van der Waals surface area contributed by atoms with Crippen LogP contribution in [0.15, 0.2) is 18.2 Å². The van der Waals surface area contributed by atoms with E-state index in [-0.39, 0.29) is 18.2 Å². The number of aliphatic hydroxyl groups is 1. The number of halogens is 3. The molecule has 0 aliphatic heterocycles. The third-order valence-electron chi connectivity index (χ3n) is 5.40. The van der Waals surface area contributed by atoms with E-state index in [2.05, 4.69) is 0 Å². The normalized spacial score (nSPS) is 30.7. The minimum Gasteiger partial charge on any atom is -0.386 e. The number of hydrogen-bond acceptors (Lipinski definition) is 1. The molecule has 2 aliphatic rings. The van der Waals surface area contributed by atoms with Crippen molar-refractivity contribution in [2.45, 2.75) is 63.4 Å². The van der Waals surface area contributed by atoms with Gasteiger partial charge in [-0.3, -0.25) is 0 Å². The van der Waals surface area contributed by atoms with Crippen molar-refractivity contribution in [2.75, 3.05) is 0 Å². The van der Waals surface area contributed by atoms with E-state index < -0.39 is 17.4 Å². The zero-order valence-corrected chi connectivity index (χ0v) is 12.2. The Bertz CT molecular complexity index is 535. The summed E-state index contributed by atoms with van der Waals surface area (Å²) in [4.78, 5) is 0. The molecule has 2 saturated carbocycles. The van der Waals surface area contributed by atoms with Crippen LogP contribution >= 0.6 is 0 Å². The molecule has 1 aromatic rings. The van der Waals surface area contributed by atoms with Crippen molar-refractivity contribution in [3.63, 3.8) is 0 Å². The fraction of sp³-hybridized carbons (Fsp3) is 0.647. The first-order chi connectivity index (χ1) is 9.84. The Hall–Kier alpha value is -1.03.